The van der Waals surface area contributed by atoms with Crippen molar-refractivity contribution < 1.29 is 18.9 Å². The lowest BCUT2D eigenvalue weighted by Crippen LogP contribution is -2.13. The second-order valence-electron chi connectivity index (χ2n) is 6.81. The van der Waals surface area contributed by atoms with Crippen molar-refractivity contribution in [3.63, 3.8) is 0 Å². The van der Waals surface area contributed by atoms with E-state index < -0.39 is 16.8 Å². The van der Waals surface area contributed by atoms with Crippen LogP contribution in [-0.2, 0) is 16.8 Å². The fourth-order valence-electron chi connectivity index (χ4n) is 2.40. The van der Waals surface area contributed by atoms with Gasteiger partial charge in [0.15, 0.2) is 0 Å². The molecule has 0 aliphatic heterocycles. The molecule has 6 heteroatoms. The van der Waals surface area contributed by atoms with Crippen molar-refractivity contribution in [1.82, 2.24) is 0 Å². The van der Waals surface area contributed by atoms with Crippen molar-refractivity contribution in [2.24, 2.45) is 0 Å². The van der Waals surface area contributed by atoms with Crippen molar-refractivity contribution in [3.05, 3.63) is 62.4 Å². The molecule has 0 saturated carbocycles. The molecule has 2 aromatic rings. The zero-order valence-corrected chi connectivity index (χ0v) is 14.5. The van der Waals surface area contributed by atoms with E-state index in [9.17, 15) is 14.9 Å². The minimum Gasteiger partial charge on any atom is -0.455 e. The first kappa shape index (κ1) is 17.7. The molecule has 24 heavy (non-hydrogen) atoms. The number of furan rings is 1. The number of hydrogen-bond acceptors (Lipinski definition) is 5. The Hall–Kier alpha value is -2.63. The van der Waals surface area contributed by atoms with Gasteiger partial charge in [-0.2, -0.15) is 0 Å². The van der Waals surface area contributed by atoms with Gasteiger partial charge in [0, 0.05) is 0 Å². The van der Waals surface area contributed by atoms with Crippen LogP contribution >= 0.6 is 0 Å². The van der Waals surface area contributed by atoms with Gasteiger partial charge in [-0.05, 0) is 47.6 Å². The van der Waals surface area contributed by atoms with Gasteiger partial charge in [-0.15, -0.1) is 0 Å². The Balaban J connectivity index is 2.14. The molecular weight excluding hydrogens is 310 g/mol. The summed E-state index contributed by atoms with van der Waals surface area (Å²) in [5.41, 5.74) is 4.26. The summed E-state index contributed by atoms with van der Waals surface area (Å²) in [5, 5.41) is 10.6. The number of benzene rings is 1. The molecule has 0 unspecified atom stereocenters. The molecule has 0 fully saturated rings. The molecule has 2 rings (SSSR count). The molecule has 1 aromatic carbocycles. The van der Waals surface area contributed by atoms with Gasteiger partial charge in [0.1, 0.15) is 11.5 Å². The fraction of sp³-hybridized carbons (Fsp3) is 0.389. The quantitative estimate of drug-likeness (QED) is 0.469. The summed E-state index contributed by atoms with van der Waals surface area (Å²) in [6.45, 7) is 10.5. The number of ether oxygens (including phenoxy) is 1. The van der Waals surface area contributed by atoms with Gasteiger partial charge in [0.25, 0.3) is 0 Å². The summed E-state index contributed by atoms with van der Waals surface area (Å²) in [7, 11) is 0. The molecule has 128 valence electrons. The maximum atomic E-state index is 12.0. The number of nitro groups is 1. The minimum absolute atomic E-state index is 0.0395. The predicted molar refractivity (Wildman–Crippen MR) is 89.1 cm³/mol. The highest BCUT2D eigenvalue weighted by Gasteiger charge is 2.20. The average molecular weight is 331 g/mol. The number of carbonyl (C=O) groups excluding carboxylic acids is 1. The van der Waals surface area contributed by atoms with Gasteiger partial charge >= 0.3 is 11.9 Å². The van der Waals surface area contributed by atoms with E-state index in [2.05, 4.69) is 32.9 Å². The maximum absolute atomic E-state index is 12.0. The lowest BCUT2D eigenvalue weighted by Gasteiger charge is -2.22. The predicted octanol–water partition coefficient (Wildman–Crippen LogP) is 4.46. The van der Waals surface area contributed by atoms with Gasteiger partial charge in [-0.1, -0.05) is 32.9 Å². The van der Waals surface area contributed by atoms with Crippen molar-refractivity contribution in [3.8, 4) is 0 Å². The van der Waals surface area contributed by atoms with Gasteiger partial charge in [-0.25, -0.2) is 4.79 Å². The van der Waals surface area contributed by atoms with Crippen LogP contribution in [0.25, 0.3) is 0 Å². The number of aryl methyl sites for hydroxylation is 2. The van der Waals surface area contributed by atoms with E-state index in [1.54, 1.807) is 0 Å². The Labute approximate surface area is 140 Å². The third-order valence-electron chi connectivity index (χ3n) is 3.88. The molecule has 0 radical (unpaired) electrons. The highest BCUT2D eigenvalue weighted by molar-refractivity contribution is 5.86. The monoisotopic (exact) mass is 331 g/mol. The second kappa shape index (κ2) is 6.47. The van der Waals surface area contributed by atoms with E-state index >= 15 is 0 Å². The first-order valence-corrected chi connectivity index (χ1v) is 7.61. The molecule has 0 aliphatic rings. The van der Waals surface area contributed by atoms with E-state index in [0.29, 0.717) is 0 Å². The Bertz CT molecular complexity index is 760. The summed E-state index contributed by atoms with van der Waals surface area (Å²) in [5.74, 6) is -1.38. The Morgan fingerprint density at radius 1 is 1.21 bits per heavy atom. The van der Waals surface area contributed by atoms with E-state index in [0.717, 1.165) is 22.8 Å². The summed E-state index contributed by atoms with van der Waals surface area (Å²) < 4.78 is 10.1. The lowest BCUT2D eigenvalue weighted by molar-refractivity contribution is -0.402. The van der Waals surface area contributed by atoms with Crippen LogP contribution in [0, 0.1) is 24.0 Å². The lowest BCUT2D eigenvalue weighted by atomic mass is 9.84. The molecular formula is C18H21NO5. The molecule has 1 heterocycles. The summed E-state index contributed by atoms with van der Waals surface area (Å²) >= 11 is 0. The van der Waals surface area contributed by atoms with Crippen molar-refractivity contribution in [1.29, 1.82) is 0 Å². The first-order chi connectivity index (χ1) is 11.1. The highest BCUT2D eigenvalue weighted by atomic mass is 16.7. The van der Waals surface area contributed by atoms with Crippen LogP contribution in [0.5, 0.6) is 0 Å². The van der Waals surface area contributed by atoms with E-state index in [1.165, 1.54) is 11.6 Å². The average Bonchev–Trinajstić information content (AvgIpc) is 2.95. The van der Waals surface area contributed by atoms with Crippen molar-refractivity contribution >= 4 is 11.9 Å². The number of hydrogen-bond donors (Lipinski definition) is 0. The van der Waals surface area contributed by atoms with E-state index in [-0.39, 0.29) is 17.8 Å². The highest BCUT2D eigenvalue weighted by Crippen LogP contribution is 2.27. The topological polar surface area (TPSA) is 82.6 Å². The molecule has 0 atom stereocenters. The fourth-order valence-corrected chi connectivity index (χ4v) is 2.40. The summed E-state index contributed by atoms with van der Waals surface area (Å²) in [6.07, 6.45) is 0. The smallest absolute Gasteiger partial charge is 0.433 e. The normalized spacial score (nSPS) is 11.4. The molecule has 1 aromatic heterocycles. The Kier molecular flexibility index (Phi) is 4.78. The van der Waals surface area contributed by atoms with Crippen LogP contribution < -0.4 is 0 Å². The number of carbonyl (C=O) groups is 1. The molecule has 0 spiro atoms. The second-order valence-corrected chi connectivity index (χ2v) is 6.81. The zero-order valence-electron chi connectivity index (χ0n) is 14.5. The molecule has 0 bridgehead atoms. The Morgan fingerprint density at radius 2 is 1.79 bits per heavy atom. The molecule has 0 aliphatic carbocycles. The van der Waals surface area contributed by atoms with Gasteiger partial charge in [0.2, 0.25) is 5.76 Å². The van der Waals surface area contributed by atoms with Crippen LogP contribution in [0.3, 0.4) is 0 Å². The molecule has 6 nitrogen and oxygen atoms in total. The SMILES string of the molecule is Cc1cc(C(C)(C)C)cc(C)c1COC(=O)c1ccc([N+](=O)[O-])o1. The van der Waals surface area contributed by atoms with Crippen LogP contribution in [-0.4, -0.2) is 10.9 Å². The molecule has 0 N–H and O–H groups in total. The largest absolute Gasteiger partial charge is 0.455 e. The standard InChI is InChI=1S/C18H21NO5/c1-11-8-13(18(3,4)5)9-12(2)14(11)10-23-17(20)15-6-7-16(24-15)19(21)22/h6-9H,10H2,1-5H3. The third-order valence-corrected chi connectivity index (χ3v) is 3.88. The van der Waals surface area contributed by atoms with Gasteiger partial charge < -0.3 is 9.15 Å². The molecule has 0 amide bonds. The maximum Gasteiger partial charge on any atom is 0.433 e. The van der Waals surface area contributed by atoms with Crippen LogP contribution in [0.15, 0.2) is 28.7 Å². The molecule has 0 saturated heterocycles. The minimum atomic E-state index is -0.721. The number of nitrogens with zero attached hydrogens (tertiary/aromatic N) is 1. The van der Waals surface area contributed by atoms with Crippen molar-refractivity contribution in [2.45, 2.75) is 46.6 Å². The van der Waals surface area contributed by atoms with Crippen LogP contribution in [0.4, 0.5) is 5.88 Å². The Morgan fingerprint density at radius 3 is 2.25 bits per heavy atom. The third kappa shape index (κ3) is 3.82. The first-order valence-electron chi connectivity index (χ1n) is 7.61. The number of rotatable bonds is 4. The van der Waals surface area contributed by atoms with Crippen LogP contribution in [0.2, 0.25) is 0 Å². The van der Waals surface area contributed by atoms with Crippen molar-refractivity contribution in [2.75, 3.05) is 0 Å². The van der Waals surface area contributed by atoms with E-state index in [1.807, 2.05) is 13.8 Å². The van der Waals surface area contributed by atoms with Gasteiger partial charge in [0.05, 0.1) is 6.07 Å². The summed E-state index contributed by atoms with van der Waals surface area (Å²) in [6, 6.07) is 6.55. The van der Waals surface area contributed by atoms with E-state index in [4.69, 9.17) is 9.15 Å². The number of esters is 1. The van der Waals surface area contributed by atoms with Crippen LogP contribution in [0.1, 0.15) is 53.6 Å². The van der Waals surface area contributed by atoms with Gasteiger partial charge in [-0.3, -0.25) is 10.1 Å². The summed E-state index contributed by atoms with van der Waals surface area (Å²) in [4.78, 5) is 21.8. The zero-order chi connectivity index (χ0) is 18.1.